The van der Waals surface area contributed by atoms with Gasteiger partial charge >= 0.3 is 0 Å². The molecule has 0 bridgehead atoms. The van der Waals surface area contributed by atoms with Crippen molar-refractivity contribution in [1.82, 2.24) is 0 Å². The van der Waals surface area contributed by atoms with Crippen molar-refractivity contribution in [2.24, 2.45) is 0 Å². The molecule has 3 aromatic rings. The molecule has 4 rings (SSSR count). The van der Waals surface area contributed by atoms with Crippen molar-refractivity contribution in [2.45, 2.75) is 56.6 Å². The highest BCUT2D eigenvalue weighted by Gasteiger charge is 2.50. The van der Waals surface area contributed by atoms with Gasteiger partial charge in [0.05, 0.1) is 26.4 Å². The SMILES string of the molecule is OC[C@H](O)[C@H]1O[C@H](O)[C@@H](OCc2ccccc2)[C@@H](OCc2ccccc2)[C@@H]1OCc1ccccc1. The molecular formula is C28H32O7. The summed E-state index contributed by atoms with van der Waals surface area (Å²) in [5.74, 6) is 0. The summed E-state index contributed by atoms with van der Waals surface area (Å²) < 4.78 is 24.3. The van der Waals surface area contributed by atoms with Gasteiger partial charge in [-0.1, -0.05) is 91.0 Å². The lowest BCUT2D eigenvalue weighted by Gasteiger charge is -2.45. The van der Waals surface area contributed by atoms with Crippen molar-refractivity contribution >= 4 is 0 Å². The molecule has 186 valence electrons. The third-order valence-electron chi connectivity index (χ3n) is 5.97. The summed E-state index contributed by atoms with van der Waals surface area (Å²) in [5, 5.41) is 31.0. The van der Waals surface area contributed by atoms with Gasteiger partial charge in [-0.15, -0.1) is 0 Å². The van der Waals surface area contributed by atoms with Gasteiger partial charge in [-0.3, -0.25) is 0 Å². The average Bonchev–Trinajstić information content (AvgIpc) is 2.91. The van der Waals surface area contributed by atoms with Crippen LogP contribution in [0, 0.1) is 0 Å². The van der Waals surface area contributed by atoms with Crippen molar-refractivity contribution < 1.29 is 34.3 Å². The zero-order chi connectivity index (χ0) is 24.5. The van der Waals surface area contributed by atoms with Crippen LogP contribution in [0.15, 0.2) is 91.0 Å². The fourth-order valence-corrected chi connectivity index (χ4v) is 4.12. The number of hydrogen-bond acceptors (Lipinski definition) is 7. The largest absolute Gasteiger partial charge is 0.394 e. The number of ether oxygens (including phenoxy) is 4. The van der Waals surface area contributed by atoms with Crippen LogP contribution in [0.25, 0.3) is 0 Å². The van der Waals surface area contributed by atoms with E-state index < -0.39 is 43.4 Å². The van der Waals surface area contributed by atoms with Crippen LogP contribution in [0.3, 0.4) is 0 Å². The summed E-state index contributed by atoms with van der Waals surface area (Å²) in [5.41, 5.74) is 2.80. The van der Waals surface area contributed by atoms with Crippen molar-refractivity contribution in [1.29, 1.82) is 0 Å². The van der Waals surface area contributed by atoms with Crippen LogP contribution < -0.4 is 0 Å². The molecule has 6 atom stereocenters. The van der Waals surface area contributed by atoms with Gasteiger partial charge in [0.2, 0.25) is 0 Å². The van der Waals surface area contributed by atoms with Crippen LogP contribution in [0.5, 0.6) is 0 Å². The normalized spacial score (nSPS) is 25.3. The number of aliphatic hydroxyl groups is 3. The first kappa shape index (κ1) is 25.5. The Hall–Kier alpha value is -2.62. The molecule has 1 saturated heterocycles. The molecule has 0 saturated carbocycles. The maximum Gasteiger partial charge on any atom is 0.184 e. The van der Waals surface area contributed by atoms with E-state index in [4.69, 9.17) is 18.9 Å². The molecule has 3 aromatic carbocycles. The molecule has 3 N–H and O–H groups in total. The molecule has 0 amide bonds. The van der Waals surface area contributed by atoms with E-state index in [1.807, 2.05) is 91.0 Å². The minimum absolute atomic E-state index is 0.232. The highest BCUT2D eigenvalue weighted by Crippen LogP contribution is 2.31. The van der Waals surface area contributed by atoms with E-state index in [2.05, 4.69) is 0 Å². The van der Waals surface area contributed by atoms with Gasteiger partial charge in [-0.25, -0.2) is 0 Å². The maximum absolute atomic E-state index is 10.9. The number of benzene rings is 3. The fourth-order valence-electron chi connectivity index (χ4n) is 4.12. The van der Waals surface area contributed by atoms with Crippen molar-refractivity contribution in [3.05, 3.63) is 108 Å². The van der Waals surface area contributed by atoms with Gasteiger partial charge < -0.3 is 34.3 Å². The van der Waals surface area contributed by atoms with E-state index in [0.29, 0.717) is 0 Å². The number of aliphatic hydroxyl groups excluding tert-OH is 3. The van der Waals surface area contributed by atoms with Crippen LogP contribution in [0.1, 0.15) is 16.7 Å². The Morgan fingerprint density at radius 2 is 1.03 bits per heavy atom. The zero-order valence-corrected chi connectivity index (χ0v) is 19.4. The van der Waals surface area contributed by atoms with Crippen LogP contribution in [0.4, 0.5) is 0 Å². The van der Waals surface area contributed by atoms with Gasteiger partial charge in [0, 0.05) is 0 Å². The Kier molecular flexibility index (Phi) is 9.39. The van der Waals surface area contributed by atoms with Gasteiger partial charge in [-0.05, 0) is 16.7 Å². The molecule has 0 radical (unpaired) electrons. The fraction of sp³-hybridized carbons (Fsp3) is 0.357. The molecule has 0 aromatic heterocycles. The van der Waals surface area contributed by atoms with E-state index in [-0.39, 0.29) is 19.8 Å². The molecule has 0 aliphatic carbocycles. The molecule has 0 spiro atoms. The second-order valence-electron chi connectivity index (χ2n) is 8.52. The van der Waals surface area contributed by atoms with E-state index in [0.717, 1.165) is 16.7 Å². The summed E-state index contributed by atoms with van der Waals surface area (Å²) in [6.07, 6.45) is -6.16. The Morgan fingerprint density at radius 1 is 0.629 bits per heavy atom. The van der Waals surface area contributed by atoms with E-state index in [1.54, 1.807) is 0 Å². The highest BCUT2D eigenvalue weighted by molar-refractivity contribution is 5.15. The molecule has 1 aliphatic heterocycles. The summed E-state index contributed by atoms with van der Waals surface area (Å²) in [4.78, 5) is 0. The van der Waals surface area contributed by atoms with Crippen molar-refractivity contribution in [2.75, 3.05) is 6.61 Å². The molecule has 1 heterocycles. The Morgan fingerprint density at radius 3 is 1.46 bits per heavy atom. The summed E-state index contributed by atoms with van der Waals surface area (Å²) in [6, 6.07) is 28.8. The van der Waals surface area contributed by atoms with Crippen LogP contribution in [-0.2, 0) is 38.8 Å². The quantitative estimate of drug-likeness (QED) is 0.388. The molecular weight excluding hydrogens is 448 g/mol. The lowest BCUT2D eigenvalue weighted by Crippen LogP contribution is -2.63. The second-order valence-corrected chi connectivity index (χ2v) is 8.52. The van der Waals surface area contributed by atoms with Crippen molar-refractivity contribution in [3.8, 4) is 0 Å². The minimum Gasteiger partial charge on any atom is -0.394 e. The van der Waals surface area contributed by atoms with Gasteiger partial charge in [-0.2, -0.15) is 0 Å². The lowest BCUT2D eigenvalue weighted by atomic mass is 9.94. The molecule has 7 nitrogen and oxygen atoms in total. The first-order valence-electron chi connectivity index (χ1n) is 11.7. The topological polar surface area (TPSA) is 97.6 Å². The van der Waals surface area contributed by atoms with Crippen LogP contribution >= 0.6 is 0 Å². The Bertz CT molecular complexity index is 986. The van der Waals surface area contributed by atoms with Gasteiger partial charge in [0.25, 0.3) is 0 Å². The first-order valence-corrected chi connectivity index (χ1v) is 11.7. The maximum atomic E-state index is 10.9. The average molecular weight is 481 g/mol. The molecule has 7 heteroatoms. The Labute approximate surface area is 205 Å². The predicted octanol–water partition coefficient (Wildman–Crippen LogP) is 2.81. The first-order chi connectivity index (χ1) is 17.2. The molecule has 1 fully saturated rings. The summed E-state index contributed by atoms with van der Waals surface area (Å²) in [6.45, 7) is 0.159. The standard InChI is InChI=1S/C28H32O7/c29-16-23(30)24-25(32-17-20-10-4-1-5-11-20)26(33-18-21-12-6-2-7-13-21)27(28(31)35-24)34-19-22-14-8-3-9-15-22/h1-15,23-31H,16-19H2/t23-,24+,25+,26-,27-,28-/m0/s1. The van der Waals surface area contributed by atoms with E-state index in [9.17, 15) is 15.3 Å². The predicted molar refractivity (Wildman–Crippen MR) is 129 cm³/mol. The highest BCUT2D eigenvalue weighted by atomic mass is 16.7. The second kappa shape index (κ2) is 12.9. The molecule has 1 aliphatic rings. The third kappa shape index (κ3) is 6.96. The van der Waals surface area contributed by atoms with Gasteiger partial charge in [0.1, 0.15) is 30.5 Å². The molecule has 0 unspecified atom stereocenters. The van der Waals surface area contributed by atoms with Crippen molar-refractivity contribution in [3.63, 3.8) is 0 Å². The Balaban J connectivity index is 1.58. The van der Waals surface area contributed by atoms with E-state index >= 15 is 0 Å². The zero-order valence-electron chi connectivity index (χ0n) is 19.4. The number of rotatable bonds is 11. The smallest absolute Gasteiger partial charge is 0.184 e. The third-order valence-corrected chi connectivity index (χ3v) is 5.97. The summed E-state index contributed by atoms with van der Waals surface area (Å²) >= 11 is 0. The summed E-state index contributed by atoms with van der Waals surface area (Å²) in [7, 11) is 0. The monoisotopic (exact) mass is 480 g/mol. The van der Waals surface area contributed by atoms with E-state index in [1.165, 1.54) is 0 Å². The number of hydrogen-bond donors (Lipinski definition) is 3. The lowest BCUT2D eigenvalue weighted by molar-refractivity contribution is -0.325. The molecule has 35 heavy (non-hydrogen) atoms. The van der Waals surface area contributed by atoms with Crippen LogP contribution in [0.2, 0.25) is 0 Å². The minimum atomic E-state index is -1.39. The van der Waals surface area contributed by atoms with Crippen LogP contribution in [-0.4, -0.2) is 58.7 Å². The van der Waals surface area contributed by atoms with Gasteiger partial charge in [0.15, 0.2) is 6.29 Å².